The van der Waals surface area contributed by atoms with E-state index in [-0.39, 0.29) is 11.5 Å². The second kappa shape index (κ2) is 8.09. The molecule has 2 aromatic carbocycles. The van der Waals surface area contributed by atoms with Crippen molar-refractivity contribution in [3.05, 3.63) is 87.3 Å². The summed E-state index contributed by atoms with van der Waals surface area (Å²) >= 11 is 0. The van der Waals surface area contributed by atoms with E-state index in [1.54, 1.807) is 30.3 Å². The maximum atomic E-state index is 12.9. The molecule has 1 aromatic heterocycles. The minimum atomic E-state index is -0.109. The predicted octanol–water partition coefficient (Wildman–Crippen LogP) is 2.95. The number of hydrogen-bond acceptors (Lipinski definition) is 3. The first-order chi connectivity index (χ1) is 14.0. The maximum Gasteiger partial charge on any atom is 0.271 e. The van der Waals surface area contributed by atoms with Crippen molar-refractivity contribution in [2.75, 3.05) is 13.1 Å². The summed E-state index contributed by atoms with van der Waals surface area (Å²) in [6.45, 7) is 3.88. The van der Waals surface area contributed by atoms with Crippen molar-refractivity contribution in [3.63, 3.8) is 0 Å². The first kappa shape index (κ1) is 19.2. The molecule has 0 radical (unpaired) electrons. The Balaban J connectivity index is 1.41. The summed E-state index contributed by atoms with van der Waals surface area (Å²) in [7, 11) is 0. The number of nitrogens with two attached hydrogens (primary N) is 1. The fraction of sp³-hybridized carbons (Fsp3) is 0.304. The van der Waals surface area contributed by atoms with Gasteiger partial charge in [0.2, 0.25) is 0 Å². The van der Waals surface area contributed by atoms with Crippen LogP contribution < -0.4 is 11.3 Å². The quantitative estimate of drug-likeness (QED) is 0.718. The van der Waals surface area contributed by atoms with Gasteiger partial charge in [-0.2, -0.15) is 0 Å². The lowest BCUT2D eigenvalue weighted by molar-refractivity contribution is 0.0713. The molecule has 0 unspecified atom stereocenters. The van der Waals surface area contributed by atoms with Gasteiger partial charge in [0.05, 0.1) is 5.69 Å². The first-order valence-electron chi connectivity index (χ1n) is 10.0. The first-order valence-corrected chi connectivity index (χ1v) is 10.0. The lowest BCUT2D eigenvalue weighted by Gasteiger charge is -2.32. The van der Waals surface area contributed by atoms with E-state index in [1.165, 1.54) is 10.2 Å². The number of piperidine rings is 1. The van der Waals surface area contributed by atoms with Crippen LogP contribution >= 0.6 is 0 Å². The number of carbonyl (C=O) groups excluding carboxylic acids is 1. The summed E-state index contributed by atoms with van der Waals surface area (Å²) in [4.78, 5) is 26.8. The van der Waals surface area contributed by atoms with Crippen molar-refractivity contribution in [1.82, 2.24) is 14.7 Å². The third-order valence-corrected chi connectivity index (χ3v) is 5.66. The minimum Gasteiger partial charge on any atom is -0.339 e. The number of aryl methyl sites for hydroxylation is 1. The summed E-state index contributed by atoms with van der Waals surface area (Å²) < 4.78 is 1.48. The molecule has 0 saturated carbocycles. The molecule has 6 heteroatoms. The van der Waals surface area contributed by atoms with E-state index < -0.39 is 0 Å². The smallest absolute Gasteiger partial charge is 0.271 e. The Morgan fingerprint density at radius 3 is 2.45 bits per heavy atom. The van der Waals surface area contributed by atoms with Crippen molar-refractivity contribution in [1.29, 1.82) is 0 Å². The Bertz CT molecular complexity index is 1060. The van der Waals surface area contributed by atoms with Crippen LogP contribution in [0.4, 0.5) is 0 Å². The number of amides is 1. The van der Waals surface area contributed by atoms with Gasteiger partial charge in [-0.05, 0) is 61.1 Å². The SMILES string of the molecule is Cc1cc(=O)n(-c2ccc(C(=O)N3CCC(c4cccc(CN)c4)CC3)cc2)[nH]1. The van der Waals surface area contributed by atoms with E-state index in [9.17, 15) is 9.59 Å². The van der Waals surface area contributed by atoms with Crippen LogP contribution in [0.1, 0.15) is 45.9 Å². The molecule has 3 aromatic rings. The topological polar surface area (TPSA) is 84.1 Å². The van der Waals surface area contributed by atoms with Gasteiger partial charge in [-0.3, -0.25) is 14.7 Å². The van der Waals surface area contributed by atoms with Gasteiger partial charge < -0.3 is 10.6 Å². The Morgan fingerprint density at radius 1 is 1.10 bits per heavy atom. The lowest BCUT2D eigenvalue weighted by Crippen LogP contribution is -2.37. The molecule has 0 atom stereocenters. The Labute approximate surface area is 169 Å². The molecule has 1 aliphatic heterocycles. The third kappa shape index (κ3) is 4.03. The van der Waals surface area contributed by atoms with E-state index in [4.69, 9.17) is 5.73 Å². The van der Waals surface area contributed by atoms with Gasteiger partial charge in [-0.1, -0.05) is 24.3 Å². The number of nitrogens with one attached hydrogen (secondary N) is 1. The highest BCUT2D eigenvalue weighted by atomic mass is 16.2. The van der Waals surface area contributed by atoms with E-state index in [0.717, 1.165) is 42.9 Å². The highest BCUT2D eigenvalue weighted by Gasteiger charge is 2.24. The number of H-pyrrole nitrogens is 1. The van der Waals surface area contributed by atoms with Crippen molar-refractivity contribution in [2.45, 2.75) is 32.2 Å². The highest BCUT2D eigenvalue weighted by molar-refractivity contribution is 5.94. The number of hydrogen-bond donors (Lipinski definition) is 2. The fourth-order valence-corrected chi connectivity index (χ4v) is 4.03. The number of benzene rings is 2. The van der Waals surface area contributed by atoms with Crippen LogP contribution in [0.5, 0.6) is 0 Å². The number of carbonyl (C=O) groups is 1. The zero-order valence-electron chi connectivity index (χ0n) is 16.6. The molecular weight excluding hydrogens is 364 g/mol. The second-order valence-electron chi connectivity index (χ2n) is 7.68. The summed E-state index contributed by atoms with van der Waals surface area (Å²) in [6.07, 6.45) is 1.91. The third-order valence-electron chi connectivity index (χ3n) is 5.66. The van der Waals surface area contributed by atoms with Gasteiger partial charge in [0.1, 0.15) is 0 Å². The second-order valence-corrected chi connectivity index (χ2v) is 7.68. The van der Waals surface area contributed by atoms with E-state index in [0.29, 0.717) is 18.0 Å². The monoisotopic (exact) mass is 390 g/mol. The standard InChI is InChI=1S/C23H26N4O2/c1-16-13-22(28)27(25-16)21-7-5-19(6-8-21)23(29)26-11-9-18(10-12-26)20-4-2-3-17(14-20)15-24/h2-8,13-14,18,25H,9-12,15,24H2,1H3. The van der Waals surface area contributed by atoms with E-state index in [1.807, 2.05) is 11.8 Å². The Morgan fingerprint density at radius 2 is 1.83 bits per heavy atom. The van der Waals surface area contributed by atoms with Gasteiger partial charge in [0.25, 0.3) is 11.5 Å². The molecule has 1 saturated heterocycles. The summed E-state index contributed by atoms with van der Waals surface area (Å²) in [5.74, 6) is 0.511. The van der Waals surface area contributed by atoms with Gasteiger partial charge >= 0.3 is 0 Å². The Hall–Kier alpha value is -3.12. The average molecular weight is 390 g/mol. The molecule has 1 amide bonds. The van der Waals surface area contributed by atoms with Crippen molar-refractivity contribution >= 4 is 5.91 Å². The van der Waals surface area contributed by atoms with Crippen LogP contribution in [0.2, 0.25) is 0 Å². The molecule has 0 aliphatic carbocycles. The molecule has 29 heavy (non-hydrogen) atoms. The minimum absolute atomic E-state index is 0.0423. The van der Waals surface area contributed by atoms with E-state index in [2.05, 4.69) is 29.4 Å². The molecule has 1 aliphatic rings. The largest absolute Gasteiger partial charge is 0.339 e. The number of nitrogens with zero attached hydrogens (tertiary/aromatic N) is 2. The predicted molar refractivity (Wildman–Crippen MR) is 113 cm³/mol. The summed E-state index contributed by atoms with van der Waals surface area (Å²) in [5, 5.41) is 3.00. The Kier molecular flexibility index (Phi) is 5.36. The fourth-order valence-electron chi connectivity index (χ4n) is 4.03. The number of aromatic amines is 1. The van der Waals surface area contributed by atoms with Crippen LogP contribution in [0.15, 0.2) is 59.4 Å². The van der Waals surface area contributed by atoms with Crippen LogP contribution in [0, 0.1) is 6.92 Å². The van der Waals surface area contributed by atoms with Crippen molar-refractivity contribution in [2.24, 2.45) is 5.73 Å². The molecule has 0 bridgehead atoms. The number of aromatic nitrogens is 2. The van der Waals surface area contributed by atoms with Crippen LogP contribution in [0.3, 0.4) is 0 Å². The number of likely N-dealkylation sites (tertiary alicyclic amines) is 1. The summed E-state index contributed by atoms with van der Waals surface area (Å²) in [6, 6.07) is 17.2. The van der Waals surface area contributed by atoms with Gasteiger partial charge in [-0.25, -0.2) is 4.68 Å². The normalized spacial score (nSPS) is 14.9. The van der Waals surface area contributed by atoms with Gasteiger partial charge in [0, 0.05) is 37.0 Å². The van der Waals surface area contributed by atoms with Crippen molar-refractivity contribution < 1.29 is 4.79 Å². The van der Waals surface area contributed by atoms with Crippen LogP contribution in [-0.4, -0.2) is 33.7 Å². The zero-order valence-corrected chi connectivity index (χ0v) is 16.6. The molecule has 3 N–H and O–H groups in total. The van der Waals surface area contributed by atoms with E-state index >= 15 is 0 Å². The molecule has 150 valence electrons. The molecular formula is C23H26N4O2. The maximum absolute atomic E-state index is 12.9. The molecule has 6 nitrogen and oxygen atoms in total. The summed E-state index contributed by atoms with van der Waals surface area (Å²) in [5.41, 5.74) is 10.3. The lowest BCUT2D eigenvalue weighted by atomic mass is 9.88. The molecule has 2 heterocycles. The molecule has 1 fully saturated rings. The highest BCUT2D eigenvalue weighted by Crippen LogP contribution is 2.29. The number of rotatable bonds is 4. The zero-order chi connectivity index (χ0) is 20.4. The molecule has 0 spiro atoms. The average Bonchev–Trinajstić information content (AvgIpc) is 3.11. The van der Waals surface area contributed by atoms with Crippen LogP contribution in [-0.2, 0) is 6.54 Å². The van der Waals surface area contributed by atoms with Crippen molar-refractivity contribution in [3.8, 4) is 5.69 Å². The van der Waals surface area contributed by atoms with Gasteiger partial charge in [-0.15, -0.1) is 0 Å². The van der Waals surface area contributed by atoms with Gasteiger partial charge in [0.15, 0.2) is 0 Å². The van der Waals surface area contributed by atoms with Crippen LogP contribution in [0.25, 0.3) is 5.69 Å². The molecule has 4 rings (SSSR count).